The second kappa shape index (κ2) is 7.43. The van der Waals surface area contributed by atoms with E-state index in [2.05, 4.69) is 36.1 Å². The Morgan fingerprint density at radius 2 is 1.86 bits per heavy atom. The quantitative estimate of drug-likeness (QED) is 0.680. The summed E-state index contributed by atoms with van der Waals surface area (Å²) >= 11 is 1.53. The zero-order valence-electron chi connectivity index (χ0n) is 16.6. The zero-order valence-corrected chi connectivity index (χ0v) is 17.4. The summed E-state index contributed by atoms with van der Waals surface area (Å²) in [6.07, 6.45) is 1.81. The predicted molar refractivity (Wildman–Crippen MR) is 116 cm³/mol. The number of hydrogen-bond acceptors (Lipinski definition) is 4. The van der Waals surface area contributed by atoms with E-state index in [9.17, 15) is 9.59 Å². The molecule has 5 nitrogen and oxygen atoms in total. The number of carbonyl (C=O) groups is 1. The molecule has 0 N–H and O–H groups in total. The van der Waals surface area contributed by atoms with Gasteiger partial charge in [0.05, 0.1) is 10.9 Å². The number of rotatable bonds is 3. The molecule has 3 aromatic rings. The van der Waals surface area contributed by atoms with Crippen molar-refractivity contribution in [2.24, 2.45) is 0 Å². The normalized spacial score (nSPS) is 14.7. The number of carbonyl (C=O) groups excluding carboxylic acids is 1. The smallest absolute Gasteiger partial charge is 0.260 e. The van der Waals surface area contributed by atoms with Crippen LogP contribution in [0.3, 0.4) is 0 Å². The zero-order chi connectivity index (χ0) is 19.8. The fraction of sp³-hybridized carbons (Fsp3) is 0.364. The fourth-order valence-corrected chi connectivity index (χ4v) is 4.96. The average Bonchev–Trinajstić information content (AvgIpc) is 3.04. The van der Waals surface area contributed by atoms with Gasteiger partial charge in [-0.1, -0.05) is 12.1 Å². The van der Waals surface area contributed by atoms with Gasteiger partial charge in [-0.05, 0) is 44.5 Å². The van der Waals surface area contributed by atoms with Crippen molar-refractivity contribution >= 4 is 33.0 Å². The third kappa shape index (κ3) is 3.22. The molecule has 6 heteroatoms. The lowest BCUT2D eigenvalue weighted by molar-refractivity contribution is 0.0748. The van der Waals surface area contributed by atoms with Gasteiger partial charge in [-0.3, -0.25) is 9.59 Å². The van der Waals surface area contributed by atoms with Crippen LogP contribution in [-0.4, -0.2) is 41.6 Å². The molecule has 28 heavy (non-hydrogen) atoms. The molecular formula is C22H25N3O2S. The predicted octanol–water partition coefficient (Wildman–Crippen LogP) is 3.66. The first-order valence-corrected chi connectivity index (χ1v) is 10.5. The number of piperazine rings is 1. The first-order chi connectivity index (χ1) is 13.5. The SMILES string of the molecule is CCn1ccc2sc(C)c(C(=O)N3CCN(c4cccc(C)c4)CC3)c2c1=O. The lowest BCUT2D eigenvalue weighted by atomic mass is 10.1. The fourth-order valence-electron chi connectivity index (χ4n) is 3.92. The van der Waals surface area contributed by atoms with Crippen molar-refractivity contribution in [3.63, 3.8) is 0 Å². The minimum atomic E-state index is -0.0638. The van der Waals surface area contributed by atoms with Crippen LogP contribution in [0, 0.1) is 13.8 Å². The molecule has 1 saturated heterocycles. The third-order valence-electron chi connectivity index (χ3n) is 5.48. The van der Waals surface area contributed by atoms with Crippen LogP contribution in [0.4, 0.5) is 5.69 Å². The molecule has 0 aliphatic carbocycles. The summed E-state index contributed by atoms with van der Waals surface area (Å²) in [5.74, 6) is -0.0152. The van der Waals surface area contributed by atoms with Crippen molar-refractivity contribution in [3.8, 4) is 0 Å². The summed E-state index contributed by atoms with van der Waals surface area (Å²) in [5.41, 5.74) is 2.97. The number of hydrogen-bond donors (Lipinski definition) is 0. The maximum Gasteiger partial charge on any atom is 0.260 e. The highest BCUT2D eigenvalue weighted by Gasteiger charge is 2.27. The monoisotopic (exact) mass is 395 g/mol. The molecule has 1 amide bonds. The third-order valence-corrected chi connectivity index (χ3v) is 6.55. The molecule has 1 aromatic carbocycles. The molecule has 0 unspecified atom stereocenters. The largest absolute Gasteiger partial charge is 0.368 e. The van der Waals surface area contributed by atoms with Gasteiger partial charge >= 0.3 is 0 Å². The van der Waals surface area contributed by atoms with Gasteiger partial charge in [-0.15, -0.1) is 11.3 Å². The molecule has 0 saturated carbocycles. The van der Waals surface area contributed by atoms with Gasteiger partial charge < -0.3 is 14.4 Å². The minimum absolute atomic E-state index is 0.0152. The van der Waals surface area contributed by atoms with E-state index in [-0.39, 0.29) is 11.5 Å². The first kappa shape index (κ1) is 18.7. The Bertz CT molecular complexity index is 1090. The number of aryl methyl sites for hydroxylation is 3. The summed E-state index contributed by atoms with van der Waals surface area (Å²) < 4.78 is 2.56. The van der Waals surface area contributed by atoms with E-state index in [1.54, 1.807) is 4.57 Å². The maximum atomic E-state index is 13.3. The van der Waals surface area contributed by atoms with E-state index < -0.39 is 0 Å². The van der Waals surface area contributed by atoms with E-state index in [1.165, 1.54) is 22.6 Å². The highest BCUT2D eigenvalue weighted by Crippen LogP contribution is 2.30. The highest BCUT2D eigenvalue weighted by atomic mass is 32.1. The molecule has 3 heterocycles. The molecule has 2 aromatic heterocycles. The molecule has 1 aliphatic heterocycles. The Balaban J connectivity index is 1.59. The topological polar surface area (TPSA) is 45.6 Å². The Morgan fingerprint density at radius 1 is 1.11 bits per heavy atom. The Labute approximate surface area is 168 Å². The molecule has 0 radical (unpaired) electrons. The number of pyridine rings is 1. The number of benzene rings is 1. The van der Waals surface area contributed by atoms with Crippen molar-refractivity contribution in [1.29, 1.82) is 0 Å². The number of amides is 1. The van der Waals surface area contributed by atoms with Crippen LogP contribution in [0.1, 0.15) is 27.7 Å². The van der Waals surface area contributed by atoms with Crippen molar-refractivity contribution < 1.29 is 4.79 Å². The summed E-state index contributed by atoms with van der Waals surface area (Å²) in [5, 5.41) is 0.581. The van der Waals surface area contributed by atoms with Gasteiger partial charge in [-0.2, -0.15) is 0 Å². The summed E-state index contributed by atoms with van der Waals surface area (Å²) in [6.45, 7) is 9.51. The Morgan fingerprint density at radius 3 is 2.54 bits per heavy atom. The van der Waals surface area contributed by atoms with Crippen LogP contribution >= 0.6 is 11.3 Å². The summed E-state index contributed by atoms with van der Waals surface area (Å²) in [6, 6.07) is 10.4. The van der Waals surface area contributed by atoms with Gasteiger partial charge in [0.25, 0.3) is 11.5 Å². The molecule has 4 rings (SSSR count). The first-order valence-electron chi connectivity index (χ1n) is 9.73. The van der Waals surface area contributed by atoms with Crippen LogP contribution < -0.4 is 10.5 Å². The van der Waals surface area contributed by atoms with Crippen molar-refractivity contribution in [2.45, 2.75) is 27.3 Å². The second-order valence-corrected chi connectivity index (χ2v) is 8.55. The van der Waals surface area contributed by atoms with Gasteiger partial charge in [0.2, 0.25) is 0 Å². The molecule has 0 bridgehead atoms. The molecule has 146 valence electrons. The summed E-state index contributed by atoms with van der Waals surface area (Å²) in [7, 11) is 0. The number of aromatic nitrogens is 1. The second-order valence-electron chi connectivity index (χ2n) is 7.30. The van der Waals surface area contributed by atoms with Crippen LogP contribution in [0.5, 0.6) is 0 Å². The van der Waals surface area contributed by atoms with Crippen LogP contribution in [0.25, 0.3) is 10.1 Å². The van der Waals surface area contributed by atoms with Crippen LogP contribution in [0.2, 0.25) is 0 Å². The number of fused-ring (bicyclic) bond motifs is 1. The molecule has 0 atom stereocenters. The lowest BCUT2D eigenvalue weighted by Crippen LogP contribution is -2.49. The Kier molecular flexibility index (Phi) is 4.98. The summed E-state index contributed by atoms with van der Waals surface area (Å²) in [4.78, 5) is 31.3. The maximum absolute atomic E-state index is 13.3. The molecule has 1 fully saturated rings. The average molecular weight is 396 g/mol. The van der Waals surface area contributed by atoms with E-state index in [0.717, 1.165) is 22.7 Å². The molecular weight excluding hydrogens is 370 g/mol. The van der Waals surface area contributed by atoms with E-state index in [0.29, 0.717) is 30.6 Å². The van der Waals surface area contributed by atoms with Gasteiger partial charge in [0.15, 0.2) is 0 Å². The van der Waals surface area contributed by atoms with Crippen LogP contribution in [-0.2, 0) is 6.54 Å². The van der Waals surface area contributed by atoms with Gasteiger partial charge in [-0.25, -0.2) is 0 Å². The molecule has 1 aliphatic rings. The van der Waals surface area contributed by atoms with Crippen molar-refractivity contribution in [2.75, 3.05) is 31.1 Å². The van der Waals surface area contributed by atoms with Crippen molar-refractivity contribution in [3.05, 3.63) is 62.9 Å². The van der Waals surface area contributed by atoms with E-state index >= 15 is 0 Å². The van der Waals surface area contributed by atoms with E-state index in [4.69, 9.17) is 0 Å². The van der Waals surface area contributed by atoms with Gasteiger partial charge in [0, 0.05) is 54.2 Å². The van der Waals surface area contributed by atoms with Crippen molar-refractivity contribution in [1.82, 2.24) is 9.47 Å². The number of nitrogens with zero attached hydrogens (tertiary/aromatic N) is 3. The standard InChI is InChI=1S/C22H25N3O2S/c1-4-23-9-8-18-20(22(23)27)19(16(3)28-18)21(26)25-12-10-24(11-13-25)17-7-5-6-15(2)14-17/h5-9,14H,4,10-13H2,1-3H3. The molecule has 0 spiro atoms. The number of anilines is 1. The Hall–Kier alpha value is -2.60. The van der Waals surface area contributed by atoms with Crippen LogP contribution in [0.15, 0.2) is 41.3 Å². The number of thiophene rings is 1. The minimum Gasteiger partial charge on any atom is -0.368 e. The lowest BCUT2D eigenvalue weighted by Gasteiger charge is -2.36. The highest BCUT2D eigenvalue weighted by molar-refractivity contribution is 7.19. The van der Waals surface area contributed by atoms with E-state index in [1.807, 2.05) is 31.0 Å². The van der Waals surface area contributed by atoms with Gasteiger partial charge in [0.1, 0.15) is 0 Å².